The maximum absolute atomic E-state index is 12.7. The van der Waals surface area contributed by atoms with Crippen molar-refractivity contribution in [1.29, 1.82) is 0 Å². The molecule has 6 nitrogen and oxygen atoms in total. The Kier molecular flexibility index (Phi) is 4.86. The van der Waals surface area contributed by atoms with Gasteiger partial charge >= 0.3 is 0 Å². The lowest BCUT2D eigenvalue weighted by molar-refractivity contribution is 0.0655. The summed E-state index contributed by atoms with van der Waals surface area (Å²) >= 11 is 0. The summed E-state index contributed by atoms with van der Waals surface area (Å²) in [5.74, 6) is -0.260. The first kappa shape index (κ1) is 16.1. The first-order valence-electron chi connectivity index (χ1n) is 7.98. The minimum atomic E-state index is -0.247. The second-order valence-corrected chi connectivity index (χ2v) is 5.83. The van der Waals surface area contributed by atoms with Crippen LogP contribution in [0.25, 0.3) is 0 Å². The summed E-state index contributed by atoms with van der Waals surface area (Å²) in [6, 6.07) is 10.6. The van der Waals surface area contributed by atoms with Crippen molar-refractivity contribution >= 4 is 17.5 Å². The van der Waals surface area contributed by atoms with Crippen molar-refractivity contribution in [2.45, 2.75) is 13.0 Å². The minimum absolute atomic E-state index is 0.0125. The number of hydrogen-bond acceptors (Lipinski definition) is 4. The third kappa shape index (κ3) is 3.60. The van der Waals surface area contributed by atoms with E-state index in [9.17, 15) is 9.59 Å². The van der Waals surface area contributed by atoms with E-state index in [1.807, 2.05) is 11.8 Å². The molecule has 0 spiro atoms. The van der Waals surface area contributed by atoms with E-state index in [2.05, 4.69) is 15.6 Å². The van der Waals surface area contributed by atoms with Gasteiger partial charge in [-0.1, -0.05) is 6.07 Å². The number of hydrogen-bond donors (Lipinski definition) is 2. The van der Waals surface area contributed by atoms with Crippen LogP contribution in [-0.4, -0.2) is 47.4 Å². The Morgan fingerprint density at radius 2 is 2.08 bits per heavy atom. The van der Waals surface area contributed by atoms with Crippen LogP contribution >= 0.6 is 0 Å². The molecule has 2 heterocycles. The predicted molar refractivity (Wildman–Crippen MR) is 92.0 cm³/mol. The zero-order chi connectivity index (χ0) is 16.9. The quantitative estimate of drug-likeness (QED) is 0.902. The SMILES string of the molecule is C[C@H]1CNCCN1C(=O)c1cccc(NC(=O)c2cccnc2)c1. The number of nitrogens with zero attached hydrogens (tertiary/aromatic N) is 2. The Hall–Kier alpha value is -2.73. The first-order valence-corrected chi connectivity index (χ1v) is 7.98. The van der Waals surface area contributed by atoms with Gasteiger partial charge in [0.15, 0.2) is 0 Å². The van der Waals surface area contributed by atoms with E-state index in [-0.39, 0.29) is 17.9 Å². The van der Waals surface area contributed by atoms with Crippen LogP contribution in [0.2, 0.25) is 0 Å². The number of anilines is 1. The van der Waals surface area contributed by atoms with Crippen LogP contribution in [0.1, 0.15) is 27.6 Å². The third-order valence-electron chi connectivity index (χ3n) is 4.05. The fourth-order valence-electron chi connectivity index (χ4n) is 2.74. The summed E-state index contributed by atoms with van der Waals surface area (Å²) in [4.78, 5) is 30.7. The third-order valence-corrected chi connectivity index (χ3v) is 4.05. The van der Waals surface area contributed by atoms with Crippen molar-refractivity contribution in [2.75, 3.05) is 25.0 Å². The van der Waals surface area contributed by atoms with Crippen LogP contribution in [0.4, 0.5) is 5.69 Å². The molecule has 2 amide bonds. The number of amides is 2. The summed E-state index contributed by atoms with van der Waals surface area (Å²) < 4.78 is 0. The molecule has 1 aromatic carbocycles. The van der Waals surface area contributed by atoms with Gasteiger partial charge in [0, 0.05) is 49.3 Å². The highest BCUT2D eigenvalue weighted by molar-refractivity contribution is 6.05. The molecule has 6 heteroatoms. The van der Waals surface area contributed by atoms with E-state index in [1.54, 1.807) is 42.6 Å². The number of pyridine rings is 1. The number of carbonyl (C=O) groups is 2. The maximum atomic E-state index is 12.7. The molecule has 0 radical (unpaired) electrons. The Bertz CT molecular complexity index is 733. The summed E-state index contributed by atoms with van der Waals surface area (Å²) in [7, 11) is 0. The topological polar surface area (TPSA) is 74.3 Å². The number of carbonyl (C=O) groups excluding carboxylic acids is 2. The minimum Gasteiger partial charge on any atom is -0.333 e. The van der Waals surface area contributed by atoms with Crippen LogP contribution in [-0.2, 0) is 0 Å². The molecule has 3 rings (SSSR count). The molecule has 2 aromatic rings. The fourth-order valence-corrected chi connectivity index (χ4v) is 2.74. The van der Waals surface area contributed by atoms with Gasteiger partial charge < -0.3 is 15.5 Å². The molecule has 0 unspecified atom stereocenters. The number of nitrogens with one attached hydrogen (secondary N) is 2. The summed E-state index contributed by atoms with van der Waals surface area (Å²) in [6.45, 7) is 4.31. The van der Waals surface area contributed by atoms with Crippen LogP contribution in [0.5, 0.6) is 0 Å². The zero-order valence-corrected chi connectivity index (χ0v) is 13.5. The molecule has 2 N–H and O–H groups in total. The van der Waals surface area contributed by atoms with Gasteiger partial charge in [0.05, 0.1) is 5.56 Å². The van der Waals surface area contributed by atoms with Gasteiger partial charge in [0.1, 0.15) is 0 Å². The summed E-state index contributed by atoms with van der Waals surface area (Å²) in [5.41, 5.74) is 1.65. The highest BCUT2D eigenvalue weighted by Gasteiger charge is 2.24. The standard InChI is InChI=1S/C18H20N4O2/c1-13-11-20-8-9-22(13)18(24)14-4-2-6-16(10-14)21-17(23)15-5-3-7-19-12-15/h2-7,10,12-13,20H,8-9,11H2,1H3,(H,21,23)/t13-/m0/s1. The monoisotopic (exact) mass is 324 g/mol. The number of aromatic nitrogens is 1. The second-order valence-electron chi connectivity index (χ2n) is 5.83. The van der Waals surface area contributed by atoms with E-state index in [4.69, 9.17) is 0 Å². The predicted octanol–water partition coefficient (Wildman–Crippen LogP) is 1.77. The second kappa shape index (κ2) is 7.23. The summed E-state index contributed by atoms with van der Waals surface area (Å²) in [6.07, 6.45) is 3.12. The fraction of sp³-hybridized carbons (Fsp3) is 0.278. The molecule has 24 heavy (non-hydrogen) atoms. The van der Waals surface area contributed by atoms with Gasteiger partial charge in [0.2, 0.25) is 0 Å². The number of piperazine rings is 1. The normalized spacial score (nSPS) is 17.4. The molecule has 0 bridgehead atoms. The number of benzene rings is 1. The molecule has 1 fully saturated rings. The molecular weight excluding hydrogens is 304 g/mol. The first-order chi connectivity index (χ1) is 11.6. The van der Waals surface area contributed by atoms with E-state index < -0.39 is 0 Å². The smallest absolute Gasteiger partial charge is 0.257 e. The lowest BCUT2D eigenvalue weighted by atomic mass is 10.1. The van der Waals surface area contributed by atoms with Gasteiger partial charge in [-0.3, -0.25) is 14.6 Å². The highest BCUT2D eigenvalue weighted by atomic mass is 16.2. The van der Waals surface area contributed by atoms with Crippen molar-refractivity contribution in [2.24, 2.45) is 0 Å². The van der Waals surface area contributed by atoms with Crippen LogP contribution in [0, 0.1) is 0 Å². The van der Waals surface area contributed by atoms with E-state index >= 15 is 0 Å². The van der Waals surface area contributed by atoms with E-state index in [1.165, 1.54) is 6.20 Å². The lowest BCUT2D eigenvalue weighted by Gasteiger charge is -2.34. The van der Waals surface area contributed by atoms with Crippen molar-refractivity contribution in [1.82, 2.24) is 15.2 Å². The maximum Gasteiger partial charge on any atom is 0.257 e. The van der Waals surface area contributed by atoms with Gasteiger partial charge in [-0.25, -0.2) is 0 Å². The Morgan fingerprint density at radius 1 is 1.25 bits per heavy atom. The molecular formula is C18H20N4O2. The van der Waals surface area contributed by atoms with Gasteiger partial charge in [-0.05, 0) is 37.3 Å². The van der Waals surface area contributed by atoms with Gasteiger partial charge in [0.25, 0.3) is 11.8 Å². The lowest BCUT2D eigenvalue weighted by Crippen LogP contribution is -2.52. The van der Waals surface area contributed by atoms with Gasteiger partial charge in [-0.15, -0.1) is 0 Å². The Labute approximate surface area is 140 Å². The van der Waals surface area contributed by atoms with Crippen molar-refractivity contribution in [3.8, 4) is 0 Å². The molecule has 1 aliphatic rings. The average molecular weight is 324 g/mol. The van der Waals surface area contributed by atoms with Crippen LogP contribution in [0.3, 0.4) is 0 Å². The van der Waals surface area contributed by atoms with Crippen LogP contribution in [0.15, 0.2) is 48.8 Å². The van der Waals surface area contributed by atoms with Crippen molar-refractivity contribution < 1.29 is 9.59 Å². The zero-order valence-electron chi connectivity index (χ0n) is 13.5. The molecule has 1 aromatic heterocycles. The van der Waals surface area contributed by atoms with Crippen molar-refractivity contribution in [3.05, 3.63) is 59.9 Å². The van der Waals surface area contributed by atoms with E-state index in [0.717, 1.165) is 13.1 Å². The number of rotatable bonds is 3. The van der Waals surface area contributed by atoms with Crippen LogP contribution < -0.4 is 10.6 Å². The summed E-state index contributed by atoms with van der Waals surface area (Å²) in [5, 5.41) is 6.08. The molecule has 1 saturated heterocycles. The van der Waals surface area contributed by atoms with Crippen molar-refractivity contribution in [3.63, 3.8) is 0 Å². The molecule has 0 saturated carbocycles. The largest absolute Gasteiger partial charge is 0.333 e. The average Bonchev–Trinajstić information content (AvgIpc) is 2.62. The Morgan fingerprint density at radius 3 is 2.83 bits per heavy atom. The highest BCUT2D eigenvalue weighted by Crippen LogP contribution is 2.16. The Balaban J connectivity index is 1.74. The molecule has 1 aliphatic heterocycles. The molecule has 124 valence electrons. The molecule has 0 aliphatic carbocycles. The van der Waals surface area contributed by atoms with E-state index in [0.29, 0.717) is 23.4 Å². The molecule has 1 atom stereocenters. The van der Waals surface area contributed by atoms with Gasteiger partial charge in [-0.2, -0.15) is 0 Å².